The lowest BCUT2D eigenvalue weighted by atomic mass is 10.1. The number of rotatable bonds is 5. The van der Waals surface area contributed by atoms with E-state index in [9.17, 15) is 17.9 Å². The fraction of sp³-hybridized carbons (Fsp3) is 0.615. The van der Waals surface area contributed by atoms with Crippen LogP contribution >= 0.6 is 11.8 Å². The van der Waals surface area contributed by atoms with Crippen LogP contribution in [0.3, 0.4) is 0 Å². The van der Waals surface area contributed by atoms with E-state index in [1.807, 2.05) is 4.90 Å². The topological polar surface area (TPSA) is 70.5 Å². The van der Waals surface area contributed by atoms with Crippen LogP contribution in [-0.2, 0) is 9.84 Å². The maximum absolute atomic E-state index is 12.8. The van der Waals surface area contributed by atoms with Crippen molar-refractivity contribution >= 4 is 21.6 Å². The number of aromatic nitrogens is 1. The minimum atomic E-state index is -3.13. The summed E-state index contributed by atoms with van der Waals surface area (Å²) in [6.07, 6.45) is 1.86. The van der Waals surface area contributed by atoms with Crippen LogP contribution in [0, 0.1) is 5.82 Å². The first-order chi connectivity index (χ1) is 9.88. The predicted molar refractivity (Wildman–Crippen MR) is 81.3 cm³/mol. The zero-order valence-corrected chi connectivity index (χ0v) is 13.4. The van der Waals surface area contributed by atoms with Crippen LogP contribution in [0.2, 0.25) is 0 Å². The highest BCUT2D eigenvalue weighted by molar-refractivity contribution is 8.00. The first-order valence-corrected chi connectivity index (χ1v) is 9.79. The molecule has 2 heterocycles. The van der Waals surface area contributed by atoms with Gasteiger partial charge in [-0.15, -0.1) is 0 Å². The van der Waals surface area contributed by atoms with E-state index >= 15 is 0 Å². The molecule has 1 aliphatic rings. The number of thioether (sulfide) groups is 1. The zero-order valence-electron chi connectivity index (χ0n) is 11.8. The van der Waals surface area contributed by atoms with Gasteiger partial charge in [0.25, 0.3) is 0 Å². The lowest BCUT2D eigenvalue weighted by molar-refractivity contribution is 0.137. The zero-order chi connectivity index (χ0) is 15.5. The molecule has 1 N–H and O–H groups in total. The minimum absolute atomic E-state index is 0.370. The molecule has 0 amide bonds. The van der Waals surface area contributed by atoms with E-state index in [1.54, 1.807) is 11.8 Å². The summed E-state index contributed by atoms with van der Waals surface area (Å²) >= 11 is 1.63. The van der Waals surface area contributed by atoms with E-state index in [4.69, 9.17) is 0 Å². The lowest BCUT2D eigenvalue weighted by Crippen LogP contribution is -2.47. The molecule has 2 rings (SSSR count). The number of sulfone groups is 1. The highest BCUT2D eigenvalue weighted by Crippen LogP contribution is 2.22. The number of pyridine rings is 1. The summed E-state index contributed by atoms with van der Waals surface area (Å²) in [5, 5.41) is 9.57. The third-order valence-corrected chi connectivity index (χ3v) is 6.15. The molecule has 0 aliphatic carbocycles. The number of aliphatic hydroxyl groups excluding tert-OH is 1. The molecule has 21 heavy (non-hydrogen) atoms. The fourth-order valence-corrected chi connectivity index (χ4v) is 5.26. The largest absolute Gasteiger partial charge is 0.387 e. The van der Waals surface area contributed by atoms with Crippen LogP contribution in [0.15, 0.2) is 18.3 Å². The summed E-state index contributed by atoms with van der Waals surface area (Å²) in [7, 11) is -3.13. The molecule has 0 saturated carbocycles. The second kappa shape index (κ2) is 7.04. The maximum Gasteiger partial charge on any atom is 0.164 e. The second-order valence-electron chi connectivity index (χ2n) is 5.10. The maximum atomic E-state index is 12.8. The standard InChI is InChI=1S/C13H19FN2O3S2/c1-21(18,19)13-9-20-7-6-16(13)5-4-12(17)11-3-2-10(14)8-15-11/h2-3,8,12-13,17H,4-7,9H2,1H3. The van der Waals surface area contributed by atoms with Gasteiger partial charge in [0.15, 0.2) is 9.84 Å². The Morgan fingerprint density at radius 1 is 1.57 bits per heavy atom. The van der Waals surface area contributed by atoms with Crippen molar-refractivity contribution in [1.29, 1.82) is 0 Å². The van der Waals surface area contributed by atoms with Gasteiger partial charge in [-0.25, -0.2) is 12.8 Å². The van der Waals surface area contributed by atoms with E-state index in [1.165, 1.54) is 18.4 Å². The fourth-order valence-electron chi connectivity index (χ4n) is 2.29. The quantitative estimate of drug-likeness (QED) is 0.868. The van der Waals surface area contributed by atoms with Gasteiger partial charge in [-0.05, 0) is 18.6 Å². The van der Waals surface area contributed by atoms with Crippen molar-refractivity contribution in [3.8, 4) is 0 Å². The molecule has 5 nitrogen and oxygen atoms in total. The summed E-state index contributed by atoms with van der Waals surface area (Å²) in [6, 6.07) is 2.70. The Morgan fingerprint density at radius 3 is 2.95 bits per heavy atom. The molecule has 0 radical (unpaired) electrons. The average Bonchev–Trinajstić information content (AvgIpc) is 2.45. The molecule has 0 aromatic carbocycles. The molecule has 2 unspecified atom stereocenters. The Bertz CT molecular complexity index is 565. The smallest absolute Gasteiger partial charge is 0.164 e. The van der Waals surface area contributed by atoms with E-state index < -0.39 is 27.1 Å². The Morgan fingerprint density at radius 2 is 2.33 bits per heavy atom. The Kier molecular flexibility index (Phi) is 5.59. The van der Waals surface area contributed by atoms with Crippen molar-refractivity contribution in [2.75, 3.05) is 30.9 Å². The summed E-state index contributed by atoms with van der Waals surface area (Å²) < 4.78 is 36.3. The Hall–Kier alpha value is -0.700. The number of halogens is 1. The third-order valence-electron chi connectivity index (χ3n) is 3.47. The van der Waals surface area contributed by atoms with E-state index in [2.05, 4.69) is 4.98 Å². The summed E-state index contributed by atoms with van der Waals surface area (Å²) in [5.41, 5.74) is 0.402. The second-order valence-corrected chi connectivity index (χ2v) is 8.45. The lowest BCUT2D eigenvalue weighted by Gasteiger charge is -2.34. The minimum Gasteiger partial charge on any atom is -0.387 e. The normalized spacial score (nSPS) is 22.1. The SMILES string of the molecule is CS(=O)(=O)C1CSCCN1CCC(O)c1ccc(F)cn1. The van der Waals surface area contributed by atoms with Crippen LogP contribution in [0.4, 0.5) is 4.39 Å². The van der Waals surface area contributed by atoms with E-state index in [0.717, 1.165) is 11.9 Å². The van der Waals surface area contributed by atoms with Gasteiger partial charge in [0, 0.05) is 30.9 Å². The van der Waals surface area contributed by atoms with Crippen molar-refractivity contribution in [2.24, 2.45) is 0 Å². The molecular weight excluding hydrogens is 315 g/mol. The predicted octanol–water partition coefficient (Wildman–Crippen LogP) is 1.06. The molecule has 8 heteroatoms. The van der Waals surface area contributed by atoms with Crippen molar-refractivity contribution in [3.05, 3.63) is 29.8 Å². The van der Waals surface area contributed by atoms with Crippen molar-refractivity contribution in [1.82, 2.24) is 9.88 Å². The molecule has 1 saturated heterocycles. The number of nitrogens with zero attached hydrogens (tertiary/aromatic N) is 2. The highest BCUT2D eigenvalue weighted by atomic mass is 32.2. The van der Waals surface area contributed by atoms with Crippen molar-refractivity contribution < 1.29 is 17.9 Å². The molecule has 0 bridgehead atoms. The summed E-state index contributed by atoms with van der Waals surface area (Å²) in [6.45, 7) is 1.16. The van der Waals surface area contributed by atoms with Crippen LogP contribution in [-0.4, -0.2) is 59.6 Å². The molecule has 0 spiro atoms. The van der Waals surface area contributed by atoms with Crippen LogP contribution in [0.5, 0.6) is 0 Å². The molecular formula is C13H19FN2O3S2. The van der Waals surface area contributed by atoms with Gasteiger partial charge >= 0.3 is 0 Å². The third kappa shape index (κ3) is 4.64. The highest BCUT2D eigenvalue weighted by Gasteiger charge is 2.31. The number of aliphatic hydroxyl groups is 1. The molecule has 1 aromatic heterocycles. The molecule has 1 aromatic rings. The van der Waals surface area contributed by atoms with Gasteiger partial charge in [0.05, 0.1) is 18.0 Å². The molecule has 1 aliphatic heterocycles. The first kappa shape index (κ1) is 16.7. The van der Waals surface area contributed by atoms with E-state index in [-0.39, 0.29) is 0 Å². The average molecular weight is 334 g/mol. The first-order valence-electron chi connectivity index (χ1n) is 6.68. The Labute approximate surface area is 128 Å². The van der Waals surface area contributed by atoms with Gasteiger partial charge in [0.1, 0.15) is 11.2 Å². The molecule has 2 atom stereocenters. The molecule has 118 valence electrons. The van der Waals surface area contributed by atoms with Gasteiger partial charge in [0.2, 0.25) is 0 Å². The van der Waals surface area contributed by atoms with Gasteiger partial charge < -0.3 is 5.11 Å². The monoisotopic (exact) mass is 334 g/mol. The van der Waals surface area contributed by atoms with Crippen LogP contribution in [0.1, 0.15) is 18.2 Å². The van der Waals surface area contributed by atoms with Crippen molar-refractivity contribution in [2.45, 2.75) is 17.9 Å². The van der Waals surface area contributed by atoms with Crippen LogP contribution in [0.25, 0.3) is 0 Å². The van der Waals surface area contributed by atoms with Gasteiger partial charge in [-0.1, -0.05) is 0 Å². The molecule has 1 fully saturated rings. The number of hydrogen-bond acceptors (Lipinski definition) is 6. The van der Waals surface area contributed by atoms with Crippen molar-refractivity contribution in [3.63, 3.8) is 0 Å². The Balaban J connectivity index is 1.96. The summed E-state index contributed by atoms with van der Waals surface area (Å²) in [5.74, 6) is 0.997. The summed E-state index contributed by atoms with van der Waals surface area (Å²) in [4.78, 5) is 5.73. The van der Waals surface area contributed by atoms with E-state index in [0.29, 0.717) is 31.0 Å². The van der Waals surface area contributed by atoms with Gasteiger partial charge in [-0.2, -0.15) is 11.8 Å². The number of hydrogen-bond donors (Lipinski definition) is 1. The van der Waals surface area contributed by atoms with Gasteiger partial charge in [-0.3, -0.25) is 9.88 Å². The van der Waals surface area contributed by atoms with Crippen LogP contribution < -0.4 is 0 Å².